The van der Waals surface area contributed by atoms with Gasteiger partial charge in [0.1, 0.15) is 6.61 Å². The van der Waals surface area contributed by atoms with Crippen LogP contribution in [0.4, 0.5) is 5.69 Å². The molecule has 0 atom stereocenters. The summed E-state index contributed by atoms with van der Waals surface area (Å²) in [5, 5.41) is 7.95. The lowest BCUT2D eigenvalue weighted by atomic mass is 10.0. The van der Waals surface area contributed by atoms with Gasteiger partial charge in [-0.3, -0.25) is 4.90 Å². The molecular formula is C26H28ClN3O. The molecule has 0 unspecified atom stereocenters. The van der Waals surface area contributed by atoms with Crippen LogP contribution in [0.1, 0.15) is 24.0 Å². The van der Waals surface area contributed by atoms with Gasteiger partial charge in [0.25, 0.3) is 0 Å². The van der Waals surface area contributed by atoms with E-state index < -0.39 is 0 Å². The van der Waals surface area contributed by atoms with Crippen molar-refractivity contribution in [3.05, 3.63) is 76.8 Å². The Morgan fingerprint density at radius 1 is 0.903 bits per heavy atom. The minimum absolute atomic E-state index is 0.668. The molecule has 160 valence electrons. The second kappa shape index (κ2) is 9.29. The standard InChI is InChI=1S/C26H28ClN3O/c27-21-6-3-7-22(19-21)30-16-14-29(15-17-30)13-4-18-31-28-26-12-11-24-23-8-2-1-5-20(23)9-10-25(24)26/h1-3,5-10,19H,4,11-18H2/b28-26+. The highest BCUT2D eigenvalue weighted by Crippen LogP contribution is 2.30. The summed E-state index contributed by atoms with van der Waals surface area (Å²) < 4.78 is 0. The maximum atomic E-state index is 6.13. The van der Waals surface area contributed by atoms with Crippen LogP contribution in [0.2, 0.25) is 5.02 Å². The second-order valence-electron chi connectivity index (χ2n) is 8.35. The van der Waals surface area contributed by atoms with E-state index in [1.165, 1.54) is 27.6 Å². The van der Waals surface area contributed by atoms with Crippen LogP contribution in [-0.2, 0) is 11.3 Å². The van der Waals surface area contributed by atoms with Crippen molar-refractivity contribution in [2.24, 2.45) is 5.16 Å². The average molecular weight is 434 g/mol. The molecule has 0 radical (unpaired) electrons. The Balaban J connectivity index is 1.08. The topological polar surface area (TPSA) is 28.1 Å². The number of nitrogens with zero attached hydrogens (tertiary/aromatic N) is 3. The number of rotatable bonds is 6. The van der Waals surface area contributed by atoms with Crippen LogP contribution in [0.3, 0.4) is 0 Å². The third-order valence-electron chi connectivity index (χ3n) is 6.39. The normalized spacial score (nSPS) is 18.0. The van der Waals surface area contributed by atoms with Gasteiger partial charge in [-0.05, 0) is 53.8 Å². The Morgan fingerprint density at radius 2 is 1.77 bits per heavy atom. The van der Waals surface area contributed by atoms with Gasteiger partial charge in [0, 0.05) is 49.0 Å². The van der Waals surface area contributed by atoms with Gasteiger partial charge < -0.3 is 9.74 Å². The third kappa shape index (κ3) is 4.56. The first-order valence-corrected chi connectivity index (χ1v) is 11.6. The Labute approximate surface area is 189 Å². The van der Waals surface area contributed by atoms with Gasteiger partial charge >= 0.3 is 0 Å². The molecular weight excluding hydrogens is 406 g/mol. The van der Waals surface area contributed by atoms with E-state index in [1.807, 2.05) is 18.2 Å². The van der Waals surface area contributed by atoms with Crippen LogP contribution < -0.4 is 4.90 Å². The van der Waals surface area contributed by atoms with E-state index in [2.05, 4.69) is 57.4 Å². The monoisotopic (exact) mass is 433 g/mol. The van der Waals surface area contributed by atoms with Crippen molar-refractivity contribution in [3.63, 3.8) is 0 Å². The highest BCUT2D eigenvalue weighted by Gasteiger charge is 2.20. The van der Waals surface area contributed by atoms with Crippen molar-refractivity contribution in [2.75, 3.05) is 44.2 Å². The van der Waals surface area contributed by atoms with Crippen LogP contribution >= 0.6 is 11.6 Å². The molecule has 0 N–H and O–H groups in total. The number of aryl methyl sites for hydroxylation is 1. The minimum atomic E-state index is 0.668. The first kappa shape index (κ1) is 20.3. The molecule has 1 fully saturated rings. The Bertz CT molecular complexity index is 1090. The van der Waals surface area contributed by atoms with E-state index in [-0.39, 0.29) is 0 Å². The average Bonchev–Trinajstić information content (AvgIpc) is 3.23. The number of benzene rings is 3. The second-order valence-corrected chi connectivity index (χ2v) is 8.78. The molecule has 1 heterocycles. The summed E-state index contributed by atoms with van der Waals surface area (Å²) in [5.74, 6) is 0. The number of hydrogen-bond donors (Lipinski definition) is 0. The summed E-state index contributed by atoms with van der Waals surface area (Å²) in [6.07, 6.45) is 3.02. The van der Waals surface area contributed by atoms with Crippen molar-refractivity contribution in [2.45, 2.75) is 19.3 Å². The number of halogens is 1. The predicted molar refractivity (Wildman–Crippen MR) is 129 cm³/mol. The zero-order chi connectivity index (χ0) is 21.0. The van der Waals surface area contributed by atoms with Crippen molar-refractivity contribution < 1.29 is 4.84 Å². The van der Waals surface area contributed by atoms with Crippen LogP contribution in [0, 0.1) is 0 Å². The fourth-order valence-corrected chi connectivity index (χ4v) is 4.91. The van der Waals surface area contributed by atoms with Gasteiger partial charge in [0.2, 0.25) is 0 Å². The van der Waals surface area contributed by atoms with Crippen LogP contribution in [0.15, 0.2) is 65.8 Å². The maximum Gasteiger partial charge on any atom is 0.118 e. The molecule has 4 nitrogen and oxygen atoms in total. The zero-order valence-electron chi connectivity index (χ0n) is 17.8. The Kier molecular flexibility index (Phi) is 6.10. The molecule has 0 spiro atoms. The molecule has 5 rings (SSSR count). The van der Waals surface area contributed by atoms with Crippen molar-refractivity contribution in [1.82, 2.24) is 4.90 Å². The molecule has 1 aliphatic carbocycles. The molecule has 3 aromatic carbocycles. The number of anilines is 1. The summed E-state index contributed by atoms with van der Waals surface area (Å²) in [7, 11) is 0. The summed E-state index contributed by atoms with van der Waals surface area (Å²) in [4.78, 5) is 10.6. The Morgan fingerprint density at radius 3 is 2.65 bits per heavy atom. The lowest BCUT2D eigenvalue weighted by Gasteiger charge is -2.36. The van der Waals surface area contributed by atoms with Gasteiger partial charge in [0.15, 0.2) is 0 Å². The van der Waals surface area contributed by atoms with Crippen LogP contribution in [0.5, 0.6) is 0 Å². The molecule has 0 bridgehead atoms. The van der Waals surface area contributed by atoms with Gasteiger partial charge in [-0.15, -0.1) is 0 Å². The van der Waals surface area contributed by atoms with Gasteiger partial charge in [-0.2, -0.15) is 0 Å². The number of piperazine rings is 1. The van der Waals surface area contributed by atoms with E-state index in [9.17, 15) is 0 Å². The van der Waals surface area contributed by atoms with E-state index in [0.29, 0.717) is 6.61 Å². The van der Waals surface area contributed by atoms with Gasteiger partial charge in [0.05, 0.1) is 5.71 Å². The summed E-state index contributed by atoms with van der Waals surface area (Å²) in [6.45, 7) is 5.93. The zero-order valence-corrected chi connectivity index (χ0v) is 18.5. The molecule has 0 aromatic heterocycles. The van der Waals surface area contributed by atoms with E-state index >= 15 is 0 Å². The summed E-state index contributed by atoms with van der Waals surface area (Å²) in [5.41, 5.74) is 4.99. The lowest BCUT2D eigenvalue weighted by Crippen LogP contribution is -2.46. The fourth-order valence-electron chi connectivity index (χ4n) is 4.73. The SMILES string of the molecule is Clc1cccc(N2CCN(CCCO/N=C3\CCc4c3ccc3ccccc43)CC2)c1. The first-order chi connectivity index (χ1) is 15.3. The fraction of sp³-hybridized carbons (Fsp3) is 0.346. The summed E-state index contributed by atoms with van der Waals surface area (Å²) in [6, 6.07) is 21.1. The summed E-state index contributed by atoms with van der Waals surface area (Å²) >= 11 is 6.13. The molecule has 1 saturated heterocycles. The number of oxime groups is 1. The van der Waals surface area contributed by atoms with Crippen LogP contribution in [-0.4, -0.2) is 49.9 Å². The third-order valence-corrected chi connectivity index (χ3v) is 6.63. The molecule has 3 aromatic rings. The molecule has 31 heavy (non-hydrogen) atoms. The van der Waals surface area contributed by atoms with Gasteiger partial charge in [-0.1, -0.05) is 59.2 Å². The van der Waals surface area contributed by atoms with Crippen molar-refractivity contribution in [1.29, 1.82) is 0 Å². The molecule has 2 aliphatic rings. The minimum Gasteiger partial charge on any atom is -0.396 e. The number of fused-ring (bicyclic) bond motifs is 3. The quantitative estimate of drug-likeness (QED) is 0.386. The van der Waals surface area contributed by atoms with Gasteiger partial charge in [-0.25, -0.2) is 0 Å². The molecule has 5 heteroatoms. The molecule has 0 amide bonds. The van der Waals surface area contributed by atoms with Crippen molar-refractivity contribution in [3.8, 4) is 0 Å². The smallest absolute Gasteiger partial charge is 0.118 e. The Hall–Kier alpha value is -2.56. The van der Waals surface area contributed by atoms with Crippen molar-refractivity contribution >= 4 is 33.8 Å². The van der Waals surface area contributed by atoms with E-state index in [0.717, 1.165) is 62.7 Å². The van der Waals surface area contributed by atoms with E-state index in [1.54, 1.807) is 0 Å². The number of hydrogen-bond acceptors (Lipinski definition) is 4. The first-order valence-electron chi connectivity index (χ1n) is 11.2. The lowest BCUT2D eigenvalue weighted by molar-refractivity contribution is 0.127. The highest BCUT2D eigenvalue weighted by molar-refractivity contribution is 6.30. The molecule has 0 saturated carbocycles. The molecule has 1 aliphatic heterocycles. The van der Waals surface area contributed by atoms with Crippen LogP contribution in [0.25, 0.3) is 10.8 Å². The predicted octanol–water partition coefficient (Wildman–Crippen LogP) is 5.37. The highest BCUT2D eigenvalue weighted by atomic mass is 35.5. The largest absolute Gasteiger partial charge is 0.396 e. The maximum absolute atomic E-state index is 6.13. The van der Waals surface area contributed by atoms with E-state index in [4.69, 9.17) is 16.4 Å².